The number of rotatable bonds is 2. The molecule has 1 aliphatic carbocycles. The first-order chi connectivity index (χ1) is 14.5. The molecule has 5 rings (SSSR count). The van der Waals surface area contributed by atoms with Crippen molar-refractivity contribution in [2.75, 3.05) is 4.90 Å². The number of aromatic nitrogens is 1. The number of benzene rings is 1. The molecule has 1 fully saturated rings. The number of ether oxygens (including phenoxy) is 1. The van der Waals surface area contributed by atoms with Crippen LogP contribution in [0.5, 0.6) is 0 Å². The van der Waals surface area contributed by atoms with Gasteiger partial charge in [0.05, 0.1) is 27.6 Å². The molecule has 3 heterocycles. The van der Waals surface area contributed by atoms with Gasteiger partial charge in [0, 0.05) is 6.20 Å². The molecule has 1 aromatic heterocycles. The molecule has 7 heteroatoms. The summed E-state index contributed by atoms with van der Waals surface area (Å²) in [6.45, 7) is 2.16. The molecular weight excluding hydrogens is 423 g/mol. The fourth-order valence-electron chi connectivity index (χ4n) is 4.81. The van der Waals surface area contributed by atoms with Crippen molar-refractivity contribution in [1.82, 2.24) is 4.98 Å². The maximum absolute atomic E-state index is 13.6. The minimum atomic E-state index is -0.650. The number of hydrogen-bond donors (Lipinski definition) is 0. The molecule has 154 valence electrons. The third-order valence-electron chi connectivity index (χ3n) is 6.27. The Kier molecular flexibility index (Phi) is 4.83. The summed E-state index contributed by atoms with van der Waals surface area (Å²) < 4.78 is 6.18. The minimum Gasteiger partial charge on any atom is -0.483 e. The predicted octanol–water partition coefficient (Wildman–Crippen LogP) is 5.13. The van der Waals surface area contributed by atoms with Crippen molar-refractivity contribution in [3.8, 4) is 0 Å². The highest BCUT2D eigenvalue weighted by molar-refractivity contribution is 6.42. The SMILES string of the molecule is CC1CCC2OC3=C(C(=O)C2C1)C(c1ccc(Cl)c(Cl)c1)N(c1ccccn1)C3=O. The number of pyridine rings is 1. The summed E-state index contributed by atoms with van der Waals surface area (Å²) in [5, 5.41) is 0.778. The summed E-state index contributed by atoms with van der Waals surface area (Å²) >= 11 is 12.4. The van der Waals surface area contributed by atoms with Crippen molar-refractivity contribution in [2.24, 2.45) is 11.8 Å². The summed E-state index contributed by atoms with van der Waals surface area (Å²) in [7, 11) is 0. The Labute approximate surface area is 184 Å². The molecule has 4 atom stereocenters. The average molecular weight is 443 g/mol. The number of anilines is 1. The van der Waals surface area contributed by atoms with Gasteiger partial charge in [0.1, 0.15) is 11.9 Å². The molecule has 2 aromatic rings. The molecule has 0 spiro atoms. The number of Topliss-reactive ketones (excluding diaryl/α,β-unsaturated/α-hetero) is 1. The zero-order chi connectivity index (χ0) is 21.0. The maximum atomic E-state index is 13.6. The molecule has 0 radical (unpaired) electrons. The molecule has 3 aliphatic rings. The summed E-state index contributed by atoms with van der Waals surface area (Å²) in [6, 6.07) is 9.87. The van der Waals surface area contributed by atoms with Gasteiger partial charge in [0.25, 0.3) is 5.91 Å². The lowest BCUT2D eigenvalue weighted by Gasteiger charge is -2.37. The Balaban J connectivity index is 1.66. The van der Waals surface area contributed by atoms with Crippen LogP contribution in [0, 0.1) is 11.8 Å². The van der Waals surface area contributed by atoms with Gasteiger partial charge in [-0.1, -0.05) is 42.3 Å². The zero-order valence-electron chi connectivity index (χ0n) is 16.3. The Morgan fingerprint density at radius 1 is 1.10 bits per heavy atom. The molecule has 30 heavy (non-hydrogen) atoms. The number of nitrogens with zero attached hydrogens (tertiary/aromatic N) is 2. The first-order valence-electron chi connectivity index (χ1n) is 10.1. The van der Waals surface area contributed by atoms with E-state index in [0.29, 0.717) is 32.9 Å². The summed E-state index contributed by atoms with van der Waals surface area (Å²) in [5.41, 5.74) is 1.10. The molecule has 5 nitrogen and oxygen atoms in total. The van der Waals surface area contributed by atoms with E-state index in [9.17, 15) is 9.59 Å². The summed E-state index contributed by atoms with van der Waals surface area (Å²) in [5.74, 6) is 0.488. The Morgan fingerprint density at radius 3 is 2.67 bits per heavy atom. The maximum Gasteiger partial charge on any atom is 0.295 e. The van der Waals surface area contributed by atoms with Crippen LogP contribution < -0.4 is 4.90 Å². The fourth-order valence-corrected chi connectivity index (χ4v) is 5.11. The molecule has 4 unspecified atom stereocenters. The normalized spacial score (nSPS) is 28.3. The van der Waals surface area contributed by atoms with Crippen LogP contribution in [0.2, 0.25) is 10.0 Å². The van der Waals surface area contributed by atoms with Gasteiger partial charge in [0.15, 0.2) is 11.5 Å². The van der Waals surface area contributed by atoms with E-state index in [2.05, 4.69) is 11.9 Å². The molecule has 0 N–H and O–H groups in total. The van der Waals surface area contributed by atoms with E-state index in [1.807, 2.05) is 6.07 Å². The largest absolute Gasteiger partial charge is 0.483 e. The lowest BCUT2D eigenvalue weighted by molar-refractivity contribution is -0.132. The van der Waals surface area contributed by atoms with Crippen molar-refractivity contribution < 1.29 is 14.3 Å². The second kappa shape index (κ2) is 7.40. The minimum absolute atomic E-state index is 0.00402. The van der Waals surface area contributed by atoms with E-state index >= 15 is 0 Å². The number of halogens is 2. The van der Waals surface area contributed by atoms with Gasteiger partial charge < -0.3 is 4.74 Å². The molecule has 1 saturated carbocycles. The van der Waals surface area contributed by atoms with Crippen LogP contribution >= 0.6 is 23.2 Å². The molecule has 0 saturated heterocycles. The number of fused-ring (bicyclic) bond motifs is 1. The number of hydrogen-bond acceptors (Lipinski definition) is 4. The Bertz CT molecular complexity index is 1070. The van der Waals surface area contributed by atoms with Gasteiger partial charge in [-0.3, -0.25) is 14.5 Å². The van der Waals surface area contributed by atoms with Gasteiger partial charge >= 0.3 is 0 Å². The topological polar surface area (TPSA) is 59.5 Å². The zero-order valence-corrected chi connectivity index (χ0v) is 17.9. The van der Waals surface area contributed by atoms with E-state index in [0.717, 1.165) is 19.3 Å². The van der Waals surface area contributed by atoms with E-state index in [-0.39, 0.29) is 29.5 Å². The highest BCUT2D eigenvalue weighted by Crippen LogP contribution is 2.49. The Morgan fingerprint density at radius 2 is 1.93 bits per heavy atom. The van der Waals surface area contributed by atoms with Gasteiger partial charge in [-0.15, -0.1) is 0 Å². The van der Waals surface area contributed by atoms with Crippen LogP contribution in [0.1, 0.15) is 37.8 Å². The number of ketones is 1. The highest BCUT2D eigenvalue weighted by Gasteiger charge is 2.53. The van der Waals surface area contributed by atoms with Gasteiger partial charge in [0.2, 0.25) is 0 Å². The van der Waals surface area contributed by atoms with Crippen molar-refractivity contribution in [2.45, 2.75) is 38.3 Å². The Hall–Kier alpha value is -2.37. The van der Waals surface area contributed by atoms with Crippen LogP contribution in [0.4, 0.5) is 5.82 Å². The number of carbonyl (C=O) groups excluding carboxylic acids is 2. The van der Waals surface area contributed by atoms with Crippen molar-refractivity contribution >= 4 is 40.7 Å². The van der Waals surface area contributed by atoms with Crippen LogP contribution in [0.25, 0.3) is 0 Å². The number of carbonyl (C=O) groups is 2. The second-order valence-corrected chi connectivity index (χ2v) is 9.04. The van der Waals surface area contributed by atoms with E-state index in [4.69, 9.17) is 27.9 Å². The van der Waals surface area contributed by atoms with Gasteiger partial charge in [-0.05, 0) is 55.0 Å². The number of amides is 1. The predicted molar refractivity (Wildman–Crippen MR) is 114 cm³/mol. The van der Waals surface area contributed by atoms with Crippen molar-refractivity contribution in [1.29, 1.82) is 0 Å². The lowest BCUT2D eigenvalue weighted by atomic mass is 9.74. The first-order valence-corrected chi connectivity index (χ1v) is 10.9. The summed E-state index contributed by atoms with van der Waals surface area (Å²) in [4.78, 5) is 33.0. The monoisotopic (exact) mass is 442 g/mol. The van der Waals surface area contributed by atoms with Crippen LogP contribution in [0.3, 0.4) is 0 Å². The molecule has 1 aromatic carbocycles. The molecular formula is C23H20Cl2N2O3. The van der Waals surface area contributed by atoms with E-state index in [1.165, 1.54) is 4.90 Å². The molecule has 1 amide bonds. The fraction of sp³-hybridized carbons (Fsp3) is 0.348. The van der Waals surface area contributed by atoms with Crippen molar-refractivity contribution in [3.05, 3.63) is 69.5 Å². The van der Waals surface area contributed by atoms with Crippen LogP contribution in [0.15, 0.2) is 53.9 Å². The van der Waals surface area contributed by atoms with Crippen LogP contribution in [-0.4, -0.2) is 22.8 Å². The van der Waals surface area contributed by atoms with Crippen LogP contribution in [-0.2, 0) is 14.3 Å². The lowest BCUT2D eigenvalue weighted by Crippen LogP contribution is -2.41. The first kappa shape index (κ1) is 19.6. The molecule has 2 aliphatic heterocycles. The van der Waals surface area contributed by atoms with Crippen molar-refractivity contribution in [3.63, 3.8) is 0 Å². The average Bonchev–Trinajstić information content (AvgIpc) is 3.04. The second-order valence-electron chi connectivity index (χ2n) is 8.23. The van der Waals surface area contributed by atoms with E-state index in [1.54, 1.807) is 36.5 Å². The standard InChI is InChI=1S/C23H20Cl2N2O3/c1-12-5-8-17-14(10-12)21(28)19-20(13-6-7-15(24)16(25)11-13)27(23(29)22(19)30-17)18-4-2-3-9-26-18/h2-4,6-7,9,11-12,14,17,20H,5,8,10H2,1H3. The third-order valence-corrected chi connectivity index (χ3v) is 7.00. The highest BCUT2D eigenvalue weighted by atomic mass is 35.5. The van der Waals surface area contributed by atoms with Gasteiger partial charge in [-0.25, -0.2) is 4.98 Å². The summed E-state index contributed by atoms with van der Waals surface area (Å²) in [6.07, 6.45) is 3.92. The van der Waals surface area contributed by atoms with Gasteiger partial charge in [-0.2, -0.15) is 0 Å². The molecule has 0 bridgehead atoms. The third kappa shape index (κ3) is 3.03. The smallest absolute Gasteiger partial charge is 0.295 e. The van der Waals surface area contributed by atoms with E-state index < -0.39 is 6.04 Å². The quantitative estimate of drug-likeness (QED) is 0.646.